The highest BCUT2D eigenvalue weighted by atomic mass is 16.5. The first-order valence-corrected chi connectivity index (χ1v) is 14.9. The van der Waals surface area contributed by atoms with Crippen LogP contribution in [-0.4, -0.2) is 19.3 Å². The molecular weight excluding hydrogens is 560 g/mol. The van der Waals surface area contributed by atoms with Crippen molar-refractivity contribution in [3.05, 3.63) is 166 Å². The summed E-state index contributed by atoms with van der Waals surface area (Å²) < 4.78 is 15.8. The second kappa shape index (κ2) is 11.1. The first kappa shape index (κ1) is 28.1. The van der Waals surface area contributed by atoms with Crippen LogP contribution in [0.15, 0.2) is 131 Å². The fourth-order valence-corrected chi connectivity index (χ4v) is 6.51. The number of aryl methyl sites for hydroxylation is 4. The van der Waals surface area contributed by atoms with Gasteiger partial charge in [0.15, 0.2) is 5.75 Å². The Morgan fingerprint density at radius 2 is 1.29 bits per heavy atom. The maximum atomic E-state index is 14.9. The molecule has 45 heavy (non-hydrogen) atoms. The molecule has 7 aromatic rings. The Labute approximate surface area is 261 Å². The fourth-order valence-electron chi connectivity index (χ4n) is 6.51. The van der Waals surface area contributed by atoms with Gasteiger partial charge in [-0.25, -0.2) is 4.79 Å². The SMILES string of the molecule is Cc1ncccc1Oc1cc(-c2c(C)noc2C)cc2c1n(C)c(=O)n2C(c1ccccc1)(c1ccccc1)c1ccccc1. The lowest BCUT2D eigenvalue weighted by atomic mass is 9.76. The second-order valence-electron chi connectivity index (χ2n) is 11.2. The van der Waals surface area contributed by atoms with Gasteiger partial charge in [0.1, 0.15) is 22.6 Å². The molecule has 7 rings (SSSR count). The van der Waals surface area contributed by atoms with E-state index >= 15 is 0 Å². The Balaban J connectivity index is 1.67. The highest BCUT2D eigenvalue weighted by Crippen LogP contribution is 2.44. The van der Waals surface area contributed by atoms with E-state index in [2.05, 4.69) is 52.6 Å². The minimum absolute atomic E-state index is 0.190. The summed E-state index contributed by atoms with van der Waals surface area (Å²) in [6.45, 7) is 5.72. The van der Waals surface area contributed by atoms with Crippen LogP contribution in [-0.2, 0) is 12.6 Å². The molecule has 0 unspecified atom stereocenters. The van der Waals surface area contributed by atoms with E-state index in [1.54, 1.807) is 17.8 Å². The molecule has 0 radical (unpaired) electrons. The van der Waals surface area contributed by atoms with Crippen molar-refractivity contribution in [2.24, 2.45) is 7.05 Å². The third-order valence-electron chi connectivity index (χ3n) is 8.52. The van der Waals surface area contributed by atoms with Crippen molar-refractivity contribution in [2.75, 3.05) is 0 Å². The molecule has 3 aromatic heterocycles. The molecule has 4 aromatic carbocycles. The number of ether oxygens (including phenoxy) is 1. The van der Waals surface area contributed by atoms with E-state index in [0.29, 0.717) is 28.3 Å². The van der Waals surface area contributed by atoms with E-state index in [1.165, 1.54) is 0 Å². The molecule has 7 heteroatoms. The number of pyridine rings is 1. The summed E-state index contributed by atoms with van der Waals surface area (Å²) in [6, 6.07) is 38.3. The van der Waals surface area contributed by atoms with Crippen LogP contribution in [0, 0.1) is 20.8 Å². The fraction of sp³-hybridized carbons (Fsp3) is 0.132. The number of fused-ring (bicyclic) bond motifs is 1. The number of aromatic nitrogens is 4. The molecule has 0 amide bonds. The molecule has 0 N–H and O–H groups in total. The standard InChI is InChI=1S/C38H32N4O3/c1-25-33(21-14-22-39-25)44-34-24-28(35-26(2)40-45-27(35)3)23-32-36(34)41(4)37(43)42(32)38(29-15-8-5-9-16-29,30-17-10-6-11-18-30)31-19-12-7-13-20-31/h5-24H,1-4H3. The molecule has 0 spiro atoms. The van der Waals surface area contributed by atoms with Gasteiger partial charge in [-0.3, -0.25) is 14.1 Å². The van der Waals surface area contributed by atoms with Crippen LogP contribution in [0.2, 0.25) is 0 Å². The van der Waals surface area contributed by atoms with E-state index in [1.807, 2.05) is 98.1 Å². The van der Waals surface area contributed by atoms with E-state index in [-0.39, 0.29) is 5.69 Å². The summed E-state index contributed by atoms with van der Waals surface area (Å²) in [6.07, 6.45) is 1.73. The summed E-state index contributed by atoms with van der Waals surface area (Å²) in [7, 11) is 1.80. The summed E-state index contributed by atoms with van der Waals surface area (Å²) in [5.74, 6) is 1.82. The highest BCUT2D eigenvalue weighted by molar-refractivity contribution is 5.90. The van der Waals surface area contributed by atoms with E-state index in [4.69, 9.17) is 9.26 Å². The lowest BCUT2D eigenvalue weighted by Crippen LogP contribution is -2.44. The third-order valence-corrected chi connectivity index (χ3v) is 8.52. The van der Waals surface area contributed by atoms with Gasteiger partial charge in [0.05, 0.1) is 16.9 Å². The molecule has 0 atom stereocenters. The van der Waals surface area contributed by atoms with Gasteiger partial charge in [-0.2, -0.15) is 0 Å². The van der Waals surface area contributed by atoms with Crippen molar-refractivity contribution < 1.29 is 9.26 Å². The van der Waals surface area contributed by atoms with Crippen LogP contribution in [0.4, 0.5) is 0 Å². The summed E-state index contributed by atoms with van der Waals surface area (Å²) in [5.41, 5.74) is 6.17. The zero-order chi connectivity index (χ0) is 31.1. The van der Waals surface area contributed by atoms with Crippen molar-refractivity contribution in [1.82, 2.24) is 19.3 Å². The van der Waals surface area contributed by atoms with Gasteiger partial charge >= 0.3 is 5.69 Å². The van der Waals surface area contributed by atoms with E-state index in [0.717, 1.165) is 39.2 Å². The lowest BCUT2D eigenvalue weighted by molar-refractivity contribution is 0.393. The van der Waals surface area contributed by atoms with Crippen LogP contribution >= 0.6 is 0 Å². The van der Waals surface area contributed by atoms with Crippen molar-refractivity contribution in [1.29, 1.82) is 0 Å². The number of imidazole rings is 1. The summed E-state index contributed by atoms with van der Waals surface area (Å²) in [5, 5.41) is 4.24. The van der Waals surface area contributed by atoms with E-state index < -0.39 is 5.54 Å². The lowest BCUT2D eigenvalue weighted by Gasteiger charge is -2.37. The van der Waals surface area contributed by atoms with Gasteiger partial charge in [-0.05, 0) is 67.3 Å². The van der Waals surface area contributed by atoms with Gasteiger partial charge in [-0.15, -0.1) is 0 Å². The smallest absolute Gasteiger partial charge is 0.330 e. The number of nitrogens with zero attached hydrogens (tertiary/aromatic N) is 4. The molecule has 7 nitrogen and oxygen atoms in total. The molecule has 0 fully saturated rings. The second-order valence-corrected chi connectivity index (χ2v) is 11.2. The average molecular weight is 593 g/mol. The van der Waals surface area contributed by atoms with Crippen molar-refractivity contribution in [3.63, 3.8) is 0 Å². The Bertz CT molecular complexity index is 2080. The molecule has 3 heterocycles. The normalized spacial score (nSPS) is 11.6. The van der Waals surface area contributed by atoms with Gasteiger partial charge in [0.25, 0.3) is 0 Å². The minimum Gasteiger partial charge on any atom is -0.453 e. The van der Waals surface area contributed by atoms with Crippen LogP contribution < -0.4 is 10.4 Å². The van der Waals surface area contributed by atoms with Crippen molar-refractivity contribution >= 4 is 11.0 Å². The molecule has 0 aliphatic heterocycles. The minimum atomic E-state index is -1.03. The predicted molar refractivity (Wildman–Crippen MR) is 176 cm³/mol. The predicted octanol–water partition coefficient (Wildman–Crippen LogP) is 7.95. The first-order valence-electron chi connectivity index (χ1n) is 14.9. The number of hydrogen-bond donors (Lipinski definition) is 0. The number of benzene rings is 4. The zero-order valence-corrected chi connectivity index (χ0v) is 25.6. The van der Waals surface area contributed by atoms with Crippen molar-refractivity contribution in [2.45, 2.75) is 26.3 Å². The van der Waals surface area contributed by atoms with Crippen LogP contribution in [0.1, 0.15) is 33.8 Å². The highest BCUT2D eigenvalue weighted by Gasteiger charge is 2.42. The van der Waals surface area contributed by atoms with Gasteiger partial charge in [0.2, 0.25) is 0 Å². The Morgan fingerprint density at radius 1 is 0.711 bits per heavy atom. The number of rotatable bonds is 7. The summed E-state index contributed by atoms with van der Waals surface area (Å²) >= 11 is 0. The zero-order valence-electron chi connectivity index (χ0n) is 25.6. The topological polar surface area (TPSA) is 75.1 Å². The quantitative estimate of drug-likeness (QED) is 0.176. The molecule has 222 valence electrons. The first-order chi connectivity index (χ1) is 21.9. The van der Waals surface area contributed by atoms with Crippen LogP contribution in [0.3, 0.4) is 0 Å². The maximum absolute atomic E-state index is 14.9. The Kier molecular flexibility index (Phi) is 6.93. The largest absolute Gasteiger partial charge is 0.453 e. The molecule has 0 aliphatic carbocycles. The molecule has 0 saturated carbocycles. The molecule has 0 saturated heterocycles. The van der Waals surface area contributed by atoms with Crippen LogP contribution in [0.5, 0.6) is 11.5 Å². The van der Waals surface area contributed by atoms with E-state index in [9.17, 15) is 4.79 Å². The monoisotopic (exact) mass is 592 g/mol. The van der Waals surface area contributed by atoms with Crippen molar-refractivity contribution in [3.8, 4) is 22.6 Å². The van der Waals surface area contributed by atoms with Gasteiger partial charge in [-0.1, -0.05) is 96.2 Å². The molecule has 0 bridgehead atoms. The van der Waals surface area contributed by atoms with Crippen LogP contribution in [0.25, 0.3) is 22.2 Å². The average Bonchev–Trinajstić information content (AvgIpc) is 3.54. The number of hydrogen-bond acceptors (Lipinski definition) is 5. The molecule has 0 aliphatic rings. The third kappa shape index (κ3) is 4.47. The van der Waals surface area contributed by atoms with Gasteiger partial charge < -0.3 is 9.26 Å². The maximum Gasteiger partial charge on any atom is 0.330 e. The molecular formula is C38H32N4O3. The van der Waals surface area contributed by atoms with Gasteiger partial charge in [0, 0.05) is 18.8 Å². The Morgan fingerprint density at radius 3 is 1.80 bits per heavy atom. The Hall–Kier alpha value is -5.69. The summed E-state index contributed by atoms with van der Waals surface area (Å²) in [4.78, 5) is 19.3.